The lowest BCUT2D eigenvalue weighted by Crippen LogP contribution is -2.21. The zero-order chi connectivity index (χ0) is 10.9. The molecule has 0 bridgehead atoms. The van der Waals surface area contributed by atoms with Gasteiger partial charge in [-0.25, -0.2) is 0 Å². The van der Waals surface area contributed by atoms with Gasteiger partial charge in [-0.2, -0.15) is 0 Å². The summed E-state index contributed by atoms with van der Waals surface area (Å²) in [5.41, 5.74) is -0.0312. The van der Waals surface area contributed by atoms with Gasteiger partial charge in [0.2, 0.25) is 0 Å². The molecule has 2 unspecified atom stereocenters. The van der Waals surface area contributed by atoms with Crippen molar-refractivity contribution in [3.63, 3.8) is 0 Å². The van der Waals surface area contributed by atoms with E-state index in [2.05, 4.69) is 41.9 Å². The average Bonchev–Trinajstić information content (AvgIpc) is 2.84. The lowest BCUT2D eigenvalue weighted by molar-refractivity contribution is -0.0195. The van der Waals surface area contributed by atoms with Gasteiger partial charge in [0, 0.05) is 15.1 Å². The summed E-state index contributed by atoms with van der Waals surface area (Å²) in [5.74, 6) is 0. The maximum Gasteiger partial charge on any atom is 0.0999 e. The molecule has 84 valence electrons. The van der Waals surface area contributed by atoms with Gasteiger partial charge in [0.25, 0.3) is 0 Å². The third-order valence-corrected chi connectivity index (χ3v) is 5.27. The van der Waals surface area contributed by atoms with Gasteiger partial charge in [-0.3, -0.25) is 0 Å². The van der Waals surface area contributed by atoms with E-state index in [1.807, 2.05) is 11.3 Å². The van der Waals surface area contributed by atoms with Crippen molar-refractivity contribution in [2.75, 3.05) is 5.33 Å². The highest BCUT2D eigenvalue weighted by molar-refractivity contribution is 9.09. The minimum absolute atomic E-state index is 0.0312. The summed E-state index contributed by atoms with van der Waals surface area (Å²) in [6.45, 7) is 4.43. The van der Waals surface area contributed by atoms with E-state index in [9.17, 15) is 0 Å². The number of rotatable bonds is 3. The number of halogens is 1. The zero-order valence-corrected chi connectivity index (χ0v) is 11.7. The van der Waals surface area contributed by atoms with Crippen LogP contribution in [0.25, 0.3) is 0 Å². The van der Waals surface area contributed by atoms with Crippen molar-refractivity contribution in [1.29, 1.82) is 0 Å². The molecule has 0 aliphatic carbocycles. The molecule has 1 aliphatic rings. The first-order valence-corrected chi connectivity index (χ1v) is 7.44. The molecule has 1 saturated heterocycles. The monoisotopic (exact) mass is 288 g/mol. The van der Waals surface area contributed by atoms with Crippen LogP contribution in [0.5, 0.6) is 0 Å². The van der Waals surface area contributed by atoms with Crippen molar-refractivity contribution in [3.05, 3.63) is 21.9 Å². The van der Waals surface area contributed by atoms with Crippen LogP contribution in [0.15, 0.2) is 12.1 Å². The molecule has 2 rings (SSSR count). The van der Waals surface area contributed by atoms with Crippen LogP contribution in [0, 0.1) is 0 Å². The summed E-state index contributed by atoms with van der Waals surface area (Å²) in [6, 6.07) is 4.47. The number of aryl methyl sites for hydroxylation is 1. The highest BCUT2D eigenvalue weighted by Gasteiger charge is 2.37. The predicted molar refractivity (Wildman–Crippen MR) is 69.0 cm³/mol. The van der Waals surface area contributed by atoms with Crippen LogP contribution < -0.4 is 0 Å². The Morgan fingerprint density at radius 2 is 2.40 bits per heavy atom. The highest BCUT2D eigenvalue weighted by Crippen LogP contribution is 2.42. The fourth-order valence-electron chi connectivity index (χ4n) is 2.06. The first-order chi connectivity index (χ1) is 7.18. The molecular formula is C12H17BrOS. The predicted octanol–water partition coefficient (Wildman–Crippen LogP) is 4.10. The van der Waals surface area contributed by atoms with Crippen LogP contribution in [0.4, 0.5) is 0 Å². The molecule has 3 heteroatoms. The molecule has 0 spiro atoms. The number of hydrogen-bond acceptors (Lipinski definition) is 2. The van der Waals surface area contributed by atoms with E-state index in [-0.39, 0.29) is 5.60 Å². The van der Waals surface area contributed by atoms with Crippen molar-refractivity contribution in [3.8, 4) is 0 Å². The van der Waals surface area contributed by atoms with Crippen molar-refractivity contribution in [2.24, 2.45) is 0 Å². The minimum atomic E-state index is -0.0312. The third kappa shape index (κ3) is 2.29. The van der Waals surface area contributed by atoms with E-state index >= 15 is 0 Å². The van der Waals surface area contributed by atoms with Gasteiger partial charge in [-0.1, -0.05) is 22.9 Å². The summed E-state index contributed by atoms with van der Waals surface area (Å²) >= 11 is 5.40. The Morgan fingerprint density at radius 3 is 2.93 bits per heavy atom. The number of alkyl halides is 1. The first-order valence-electron chi connectivity index (χ1n) is 5.51. The Morgan fingerprint density at radius 1 is 1.60 bits per heavy atom. The summed E-state index contributed by atoms with van der Waals surface area (Å²) < 4.78 is 6.11. The molecule has 0 amide bonds. The van der Waals surface area contributed by atoms with Crippen molar-refractivity contribution in [2.45, 2.75) is 44.8 Å². The van der Waals surface area contributed by atoms with Crippen LogP contribution >= 0.6 is 27.3 Å². The fourth-order valence-corrected chi connectivity index (χ4v) is 3.59. The molecule has 0 aromatic carbocycles. The summed E-state index contributed by atoms with van der Waals surface area (Å²) in [7, 11) is 0. The zero-order valence-electron chi connectivity index (χ0n) is 9.25. The van der Waals surface area contributed by atoms with Crippen molar-refractivity contribution < 1.29 is 4.74 Å². The second-order valence-corrected chi connectivity index (χ2v) is 6.10. The van der Waals surface area contributed by atoms with Gasteiger partial charge in [0.05, 0.1) is 11.7 Å². The van der Waals surface area contributed by atoms with Gasteiger partial charge in [-0.05, 0) is 38.3 Å². The summed E-state index contributed by atoms with van der Waals surface area (Å²) in [6.07, 6.45) is 3.83. The summed E-state index contributed by atoms with van der Waals surface area (Å²) in [5, 5.41) is 0.953. The van der Waals surface area contributed by atoms with Crippen LogP contribution in [0.3, 0.4) is 0 Å². The standard InChI is InChI=1S/C12H17BrOS/c1-3-10-4-5-11(15-10)12(2)7-6-9(8-13)14-12/h4-5,9H,3,6-8H2,1-2H3. The van der Waals surface area contributed by atoms with E-state index in [0.29, 0.717) is 6.10 Å². The van der Waals surface area contributed by atoms with Crippen molar-refractivity contribution >= 4 is 27.3 Å². The molecule has 1 aromatic rings. The molecule has 15 heavy (non-hydrogen) atoms. The quantitative estimate of drug-likeness (QED) is 0.761. The number of hydrogen-bond donors (Lipinski definition) is 0. The number of ether oxygens (including phenoxy) is 1. The van der Waals surface area contributed by atoms with E-state index in [1.165, 1.54) is 16.2 Å². The van der Waals surface area contributed by atoms with E-state index in [4.69, 9.17) is 4.74 Å². The largest absolute Gasteiger partial charge is 0.366 e. The Kier molecular flexibility index (Phi) is 3.53. The van der Waals surface area contributed by atoms with Gasteiger partial charge in [-0.15, -0.1) is 11.3 Å². The molecule has 1 nitrogen and oxygen atoms in total. The maximum absolute atomic E-state index is 6.11. The fraction of sp³-hybridized carbons (Fsp3) is 0.667. The van der Waals surface area contributed by atoms with Gasteiger partial charge >= 0.3 is 0 Å². The second kappa shape index (κ2) is 4.56. The number of thiophene rings is 1. The highest BCUT2D eigenvalue weighted by atomic mass is 79.9. The smallest absolute Gasteiger partial charge is 0.0999 e. The second-order valence-electron chi connectivity index (χ2n) is 4.28. The minimum Gasteiger partial charge on any atom is -0.366 e. The molecule has 2 heterocycles. The molecule has 1 aliphatic heterocycles. The van der Waals surface area contributed by atoms with Crippen LogP contribution in [-0.4, -0.2) is 11.4 Å². The Bertz CT molecular complexity index is 336. The summed E-state index contributed by atoms with van der Waals surface area (Å²) in [4.78, 5) is 2.85. The van der Waals surface area contributed by atoms with Gasteiger partial charge in [0.1, 0.15) is 0 Å². The first kappa shape index (κ1) is 11.6. The molecule has 1 fully saturated rings. The van der Waals surface area contributed by atoms with E-state index in [0.717, 1.165) is 18.2 Å². The molecular weight excluding hydrogens is 272 g/mol. The topological polar surface area (TPSA) is 9.23 Å². The Hall–Kier alpha value is 0.140. The average molecular weight is 289 g/mol. The lowest BCUT2D eigenvalue weighted by Gasteiger charge is -2.23. The third-order valence-electron chi connectivity index (χ3n) is 3.07. The SMILES string of the molecule is CCc1ccc(C2(C)CCC(CBr)O2)s1. The lowest BCUT2D eigenvalue weighted by atomic mass is 10.0. The molecule has 0 radical (unpaired) electrons. The van der Waals surface area contributed by atoms with E-state index in [1.54, 1.807) is 0 Å². The van der Waals surface area contributed by atoms with E-state index < -0.39 is 0 Å². The molecule has 1 aromatic heterocycles. The van der Waals surface area contributed by atoms with Crippen LogP contribution in [0.1, 0.15) is 36.4 Å². The normalized spacial score (nSPS) is 31.0. The maximum atomic E-state index is 6.11. The molecule has 0 N–H and O–H groups in total. The Labute approximate surface area is 104 Å². The van der Waals surface area contributed by atoms with Crippen LogP contribution in [-0.2, 0) is 16.8 Å². The molecule has 2 atom stereocenters. The molecule has 0 saturated carbocycles. The van der Waals surface area contributed by atoms with Crippen LogP contribution in [0.2, 0.25) is 0 Å². The van der Waals surface area contributed by atoms with Crippen molar-refractivity contribution in [1.82, 2.24) is 0 Å². The Balaban J connectivity index is 2.16. The van der Waals surface area contributed by atoms with Gasteiger partial charge < -0.3 is 4.74 Å². The van der Waals surface area contributed by atoms with Gasteiger partial charge in [0.15, 0.2) is 0 Å².